The fraction of sp³-hybridized carbons (Fsp3) is 0.333. The largest absolute Gasteiger partial charge is 0.306 e. The lowest BCUT2D eigenvalue weighted by Crippen LogP contribution is -2.20. The summed E-state index contributed by atoms with van der Waals surface area (Å²) in [5, 5.41) is 4.29. The first kappa shape index (κ1) is 14.0. The first-order valence-corrected chi connectivity index (χ1v) is 6.28. The molecule has 0 aliphatic carbocycles. The predicted octanol–water partition coefficient (Wildman–Crippen LogP) is 4.51. The molecule has 2 rings (SSSR count). The molecule has 1 aromatic rings. The van der Waals surface area contributed by atoms with Gasteiger partial charge in [0.25, 0.3) is 0 Å². The summed E-state index contributed by atoms with van der Waals surface area (Å²) < 4.78 is 1.13. The van der Waals surface area contributed by atoms with Crippen LogP contribution in [0.1, 0.15) is 24.4 Å². The lowest BCUT2D eigenvalue weighted by Gasteiger charge is -2.18. The number of rotatable bonds is 1. The van der Waals surface area contributed by atoms with E-state index in [1.165, 1.54) is 5.56 Å². The zero-order chi connectivity index (χ0) is 10.7. The van der Waals surface area contributed by atoms with Crippen LogP contribution in [0, 0.1) is 0 Å². The Morgan fingerprint density at radius 2 is 2.12 bits per heavy atom. The second kappa shape index (κ2) is 6.65. The Morgan fingerprint density at radius 3 is 2.94 bits per heavy atom. The van der Waals surface area contributed by atoms with Crippen molar-refractivity contribution in [3.05, 3.63) is 45.4 Å². The molecule has 1 aliphatic heterocycles. The average Bonchev–Trinajstić information content (AvgIpc) is 2.50. The van der Waals surface area contributed by atoms with Gasteiger partial charge in [0.05, 0.1) is 0 Å². The summed E-state index contributed by atoms with van der Waals surface area (Å²) in [4.78, 5) is 0. The summed E-state index contributed by atoms with van der Waals surface area (Å²) in [6, 6.07) is 6.35. The molecule has 1 nitrogen and oxygen atoms in total. The van der Waals surface area contributed by atoms with Gasteiger partial charge in [-0.05, 0) is 36.6 Å². The first-order chi connectivity index (χ1) is 7.27. The summed E-state index contributed by atoms with van der Waals surface area (Å²) in [6.45, 7) is 0.934. The van der Waals surface area contributed by atoms with Gasteiger partial charge in [0, 0.05) is 22.1 Å². The van der Waals surface area contributed by atoms with Crippen LogP contribution in [0.3, 0.4) is 0 Å². The van der Waals surface area contributed by atoms with Crippen LogP contribution in [0.4, 0.5) is 0 Å². The van der Waals surface area contributed by atoms with Crippen molar-refractivity contribution >= 4 is 39.9 Å². The van der Waals surface area contributed by atoms with Crippen LogP contribution in [0.2, 0.25) is 5.02 Å². The van der Waals surface area contributed by atoms with Crippen LogP contribution in [-0.4, -0.2) is 6.54 Å². The van der Waals surface area contributed by atoms with Gasteiger partial charge in [0.15, 0.2) is 0 Å². The molecule has 1 unspecified atom stereocenters. The molecule has 4 heteroatoms. The summed E-state index contributed by atoms with van der Waals surface area (Å²) in [6.07, 6.45) is 6.65. The highest BCUT2D eigenvalue weighted by Gasteiger charge is 2.14. The highest BCUT2D eigenvalue weighted by atomic mass is 79.9. The Morgan fingerprint density at radius 1 is 1.31 bits per heavy atom. The Bertz CT molecular complexity index is 369. The smallest absolute Gasteiger partial charge is 0.0410 e. The summed E-state index contributed by atoms with van der Waals surface area (Å²) in [7, 11) is 0. The van der Waals surface area contributed by atoms with Crippen LogP contribution < -0.4 is 5.32 Å². The minimum Gasteiger partial charge on any atom is -0.306 e. The molecule has 1 aliphatic rings. The summed E-state index contributed by atoms with van der Waals surface area (Å²) >= 11 is 9.59. The van der Waals surface area contributed by atoms with Gasteiger partial charge >= 0.3 is 0 Å². The molecule has 0 saturated carbocycles. The van der Waals surface area contributed by atoms with Crippen LogP contribution in [0.15, 0.2) is 34.8 Å². The molecule has 0 radical (unpaired) electrons. The SMILES string of the molecule is Cl.Clc1ccc(Br)c(C2CCC=CCN2)c1. The van der Waals surface area contributed by atoms with E-state index in [2.05, 4.69) is 33.4 Å². The van der Waals surface area contributed by atoms with Crippen LogP contribution in [0.25, 0.3) is 0 Å². The summed E-state index contributed by atoms with van der Waals surface area (Å²) in [5.74, 6) is 0. The van der Waals surface area contributed by atoms with E-state index in [9.17, 15) is 0 Å². The molecule has 1 heterocycles. The van der Waals surface area contributed by atoms with Gasteiger partial charge in [-0.25, -0.2) is 0 Å². The number of hydrogen-bond acceptors (Lipinski definition) is 1. The molecule has 0 fully saturated rings. The van der Waals surface area contributed by atoms with Gasteiger partial charge in [-0.15, -0.1) is 12.4 Å². The standard InChI is InChI=1S/C12H13BrClN.ClH/c13-11-6-5-9(14)8-10(11)12-4-2-1-3-7-15-12;/h1,3,5-6,8,12,15H,2,4,7H2;1H. The molecule has 1 atom stereocenters. The van der Waals surface area contributed by atoms with Gasteiger partial charge < -0.3 is 5.32 Å². The van der Waals surface area contributed by atoms with E-state index in [-0.39, 0.29) is 12.4 Å². The number of hydrogen-bond donors (Lipinski definition) is 1. The zero-order valence-corrected chi connectivity index (χ0v) is 11.9. The molecular formula is C12H14BrCl2N. The van der Waals surface area contributed by atoms with Crippen molar-refractivity contribution in [2.24, 2.45) is 0 Å². The van der Waals surface area contributed by atoms with E-state index in [4.69, 9.17) is 11.6 Å². The Hall–Kier alpha value is -0.0200. The second-order valence-electron chi connectivity index (χ2n) is 3.68. The maximum Gasteiger partial charge on any atom is 0.0410 e. The quantitative estimate of drug-likeness (QED) is 0.750. The van der Waals surface area contributed by atoms with E-state index < -0.39 is 0 Å². The normalized spacial score (nSPS) is 20.0. The van der Waals surface area contributed by atoms with Crippen molar-refractivity contribution in [1.82, 2.24) is 5.32 Å². The van der Waals surface area contributed by atoms with E-state index in [1.54, 1.807) is 0 Å². The monoisotopic (exact) mass is 321 g/mol. The molecule has 0 aromatic heterocycles. The minimum atomic E-state index is 0. The number of benzene rings is 1. The number of allylic oxidation sites excluding steroid dienone is 1. The van der Waals surface area contributed by atoms with Crippen LogP contribution in [0.5, 0.6) is 0 Å². The molecule has 0 spiro atoms. The predicted molar refractivity (Wildman–Crippen MR) is 75.5 cm³/mol. The lowest BCUT2D eigenvalue weighted by atomic mass is 10.0. The average molecular weight is 323 g/mol. The maximum atomic E-state index is 6.01. The molecule has 0 amide bonds. The summed E-state index contributed by atoms with van der Waals surface area (Å²) in [5.41, 5.74) is 1.26. The van der Waals surface area contributed by atoms with E-state index in [0.717, 1.165) is 28.9 Å². The van der Waals surface area contributed by atoms with Crippen molar-refractivity contribution in [2.45, 2.75) is 18.9 Å². The molecular weight excluding hydrogens is 309 g/mol. The van der Waals surface area contributed by atoms with Crippen LogP contribution >= 0.6 is 39.9 Å². The Labute approximate surface area is 116 Å². The molecule has 0 bridgehead atoms. The number of halogens is 3. The third kappa shape index (κ3) is 3.49. The van der Waals surface area contributed by atoms with Crippen molar-refractivity contribution in [3.63, 3.8) is 0 Å². The van der Waals surface area contributed by atoms with Gasteiger partial charge in [0.2, 0.25) is 0 Å². The topological polar surface area (TPSA) is 12.0 Å². The lowest BCUT2D eigenvalue weighted by molar-refractivity contribution is 0.542. The van der Waals surface area contributed by atoms with Crippen LogP contribution in [-0.2, 0) is 0 Å². The Kier molecular flexibility index (Phi) is 5.84. The van der Waals surface area contributed by atoms with Gasteiger partial charge in [-0.1, -0.05) is 39.7 Å². The van der Waals surface area contributed by atoms with Crippen molar-refractivity contribution in [3.8, 4) is 0 Å². The van der Waals surface area contributed by atoms with Gasteiger partial charge in [-0.3, -0.25) is 0 Å². The maximum absolute atomic E-state index is 6.01. The second-order valence-corrected chi connectivity index (χ2v) is 4.97. The van der Waals surface area contributed by atoms with E-state index in [0.29, 0.717) is 6.04 Å². The van der Waals surface area contributed by atoms with E-state index in [1.807, 2.05) is 18.2 Å². The van der Waals surface area contributed by atoms with Crippen molar-refractivity contribution in [1.29, 1.82) is 0 Å². The molecule has 0 saturated heterocycles. The molecule has 16 heavy (non-hydrogen) atoms. The van der Waals surface area contributed by atoms with Gasteiger partial charge in [-0.2, -0.15) is 0 Å². The molecule has 1 N–H and O–H groups in total. The molecule has 88 valence electrons. The minimum absolute atomic E-state index is 0. The highest BCUT2D eigenvalue weighted by molar-refractivity contribution is 9.10. The van der Waals surface area contributed by atoms with Crippen molar-refractivity contribution in [2.75, 3.05) is 6.54 Å². The fourth-order valence-electron chi connectivity index (χ4n) is 1.82. The fourth-order valence-corrected chi connectivity index (χ4v) is 2.53. The first-order valence-electron chi connectivity index (χ1n) is 5.10. The zero-order valence-electron chi connectivity index (χ0n) is 8.75. The highest BCUT2D eigenvalue weighted by Crippen LogP contribution is 2.29. The van der Waals surface area contributed by atoms with E-state index >= 15 is 0 Å². The van der Waals surface area contributed by atoms with Crippen molar-refractivity contribution < 1.29 is 0 Å². The number of nitrogens with one attached hydrogen (secondary N) is 1. The third-order valence-electron chi connectivity index (χ3n) is 2.60. The molecule has 1 aromatic carbocycles. The van der Waals surface area contributed by atoms with Gasteiger partial charge in [0.1, 0.15) is 0 Å². The Balaban J connectivity index is 0.00000128. The third-order valence-corrected chi connectivity index (χ3v) is 3.56.